The quantitative estimate of drug-likeness (QED) is 0.895. The van der Waals surface area contributed by atoms with Gasteiger partial charge in [-0.2, -0.15) is 0 Å². The van der Waals surface area contributed by atoms with E-state index in [0.29, 0.717) is 19.7 Å². The van der Waals surface area contributed by atoms with E-state index < -0.39 is 11.7 Å². The number of rotatable bonds is 4. The molecule has 1 aliphatic rings. The zero-order valence-electron chi connectivity index (χ0n) is 15.3. The number of nitrogens with zero attached hydrogens (tertiary/aromatic N) is 1. The van der Waals surface area contributed by atoms with Crippen molar-refractivity contribution in [1.29, 1.82) is 0 Å². The fourth-order valence-electron chi connectivity index (χ4n) is 2.55. The van der Waals surface area contributed by atoms with Crippen molar-refractivity contribution in [2.45, 2.75) is 52.2 Å². The van der Waals surface area contributed by atoms with Gasteiger partial charge in [0.1, 0.15) is 23.7 Å². The number of carbonyl (C=O) groups is 1. The third kappa shape index (κ3) is 5.77. The SMILES string of the molecule is CC(O)c1cc(=O)c(OCC2CCN(C(=O)OC(C)(C)C)CC2)co1. The monoisotopic (exact) mass is 353 g/mol. The van der Waals surface area contributed by atoms with Crippen molar-refractivity contribution in [3.8, 4) is 5.75 Å². The lowest BCUT2D eigenvalue weighted by Crippen LogP contribution is -2.42. The minimum Gasteiger partial charge on any atom is -0.486 e. The average Bonchev–Trinajstić information content (AvgIpc) is 2.52. The highest BCUT2D eigenvalue weighted by Gasteiger charge is 2.27. The summed E-state index contributed by atoms with van der Waals surface area (Å²) in [7, 11) is 0. The molecule has 1 fully saturated rings. The zero-order valence-corrected chi connectivity index (χ0v) is 15.3. The van der Waals surface area contributed by atoms with Crippen LogP contribution in [-0.2, 0) is 4.74 Å². The van der Waals surface area contributed by atoms with E-state index in [1.807, 2.05) is 20.8 Å². The predicted molar refractivity (Wildman–Crippen MR) is 91.6 cm³/mol. The maximum atomic E-state index is 12.0. The number of hydrogen-bond donors (Lipinski definition) is 1. The van der Waals surface area contributed by atoms with Crippen LogP contribution in [0.25, 0.3) is 0 Å². The Morgan fingerprint density at radius 3 is 2.56 bits per heavy atom. The van der Waals surface area contributed by atoms with Crippen LogP contribution in [-0.4, -0.2) is 41.4 Å². The minimum absolute atomic E-state index is 0.138. The molecule has 1 N–H and O–H groups in total. The first-order valence-electron chi connectivity index (χ1n) is 8.57. The summed E-state index contributed by atoms with van der Waals surface area (Å²) in [5, 5.41) is 9.40. The molecule has 0 aromatic carbocycles. The highest BCUT2D eigenvalue weighted by atomic mass is 16.6. The summed E-state index contributed by atoms with van der Waals surface area (Å²) in [6.07, 6.45) is 1.69. The molecule has 1 saturated heterocycles. The van der Waals surface area contributed by atoms with Crippen molar-refractivity contribution >= 4 is 6.09 Å². The van der Waals surface area contributed by atoms with Gasteiger partial charge in [0, 0.05) is 19.2 Å². The molecule has 0 radical (unpaired) electrons. The maximum Gasteiger partial charge on any atom is 0.410 e. The first-order valence-corrected chi connectivity index (χ1v) is 8.57. The van der Waals surface area contributed by atoms with Crippen LogP contribution in [0, 0.1) is 5.92 Å². The van der Waals surface area contributed by atoms with E-state index >= 15 is 0 Å². The van der Waals surface area contributed by atoms with Gasteiger partial charge in [-0.25, -0.2) is 4.79 Å². The number of piperidine rings is 1. The van der Waals surface area contributed by atoms with Crippen molar-refractivity contribution in [2.75, 3.05) is 19.7 Å². The van der Waals surface area contributed by atoms with Crippen molar-refractivity contribution in [3.63, 3.8) is 0 Å². The van der Waals surface area contributed by atoms with E-state index in [1.54, 1.807) is 4.90 Å². The Bertz CT molecular complexity index is 638. The number of aliphatic hydroxyl groups excluding tert-OH is 1. The average molecular weight is 353 g/mol. The summed E-state index contributed by atoms with van der Waals surface area (Å²) in [5.74, 6) is 0.608. The standard InChI is InChI=1S/C18H27NO6/c1-12(20)15-9-14(21)16(11-24-15)23-10-13-5-7-19(8-6-13)17(22)25-18(2,3)4/h9,11-13,20H,5-8,10H2,1-4H3. The van der Waals surface area contributed by atoms with Gasteiger partial charge in [0.15, 0.2) is 0 Å². The van der Waals surface area contributed by atoms with E-state index in [2.05, 4.69) is 0 Å². The largest absolute Gasteiger partial charge is 0.486 e. The minimum atomic E-state index is -0.834. The van der Waals surface area contributed by atoms with Gasteiger partial charge in [-0.05, 0) is 46.5 Å². The molecule has 1 unspecified atom stereocenters. The van der Waals surface area contributed by atoms with E-state index in [9.17, 15) is 14.7 Å². The number of ether oxygens (including phenoxy) is 2. The van der Waals surface area contributed by atoms with Crippen LogP contribution in [0.1, 0.15) is 52.4 Å². The van der Waals surface area contributed by atoms with Gasteiger partial charge in [-0.3, -0.25) is 4.79 Å². The first-order chi connectivity index (χ1) is 11.7. The Kier molecular flexibility index (Phi) is 6.11. The fourth-order valence-corrected chi connectivity index (χ4v) is 2.55. The number of likely N-dealkylation sites (tertiary alicyclic amines) is 1. The summed E-state index contributed by atoms with van der Waals surface area (Å²) in [6.45, 7) is 8.68. The Hall–Kier alpha value is -2.02. The highest BCUT2D eigenvalue weighted by Crippen LogP contribution is 2.21. The molecule has 25 heavy (non-hydrogen) atoms. The van der Waals surface area contributed by atoms with Gasteiger partial charge in [0.25, 0.3) is 0 Å². The number of carbonyl (C=O) groups excluding carboxylic acids is 1. The second-order valence-corrected chi connectivity index (χ2v) is 7.41. The third-order valence-corrected chi connectivity index (χ3v) is 3.97. The third-order valence-electron chi connectivity index (χ3n) is 3.97. The molecule has 2 rings (SSSR count). The second kappa shape index (κ2) is 7.91. The molecule has 1 atom stereocenters. The lowest BCUT2D eigenvalue weighted by atomic mass is 9.98. The molecule has 0 spiro atoms. The molecule has 1 amide bonds. The summed E-state index contributed by atoms with van der Waals surface area (Å²) in [6, 6.07) is 1.24. The van der Waals surface area contributed by atoms with Crippen LogP contribution in [0.3, 0.4) is 0 Å². The van der Waals surface area contributed by atoms with E-state index in [4.69, 9.17) is 13.9 Å². The molecular weight excluding hydrogens is 326 g/mol. The molecule has 1 aromatic heterocycles. The molecule has 140 valence electrons. The van der Waals surface area contributed by atoms with Crippen molar-refractivity contribution < 1.29 is 23.8 Å². The van der Waals surface area contributed by atoms with Crippen molar-refractivity contribution in [2.24, 2.45) is 5.92 Å². The number of aliphatic hydroxyl groups is 1. The van der Waals surface area contributed by atoms with E-state index in [0.717, 1.165) is 12.8 Å². The lowest BCUT2D eigenvalue weighted by Gasteiger charge is -2.33. The topological polar surface area (TPSA) is 89.2 Å². The summed E-state index contributed by atoms with van der Waals surface area (Å²) in [4.78, 5) is 25.7. The van der Waals surface area contributed by atoms with Gasteiger partial charge >= 0.3 is 6.09 Å². The Labute approximate surface area is 147 Å². The van der Waals surface area contributed by atoms with Gasteiger partial charge < -0.3 is 23.9 Å². The van der Waals surface area contributed by atoms with Crippen LogP contribution in [0.5, 0.6) is 5.75 Å². The van der Waals surface area contributed by atoms with E-state index in [1.165, 1.54) is 19.3 Å². The van der Waals surface area contributed by atoms with E-state index in [-0.39, 0.29) is 28.9 Å². The van der Waals surface area contributed by atoms with Crippen LogP contribution in [0.2, 0.25) is 0 Å². The summed E-state index contributed by atoms with van der Waals surface area (Å²) >= 11 is 0. The van der Waals surface area contributed by atoms with Gasteiger partial charge in [-0.15, -0.1) is 0 Å². The molecule has 2 heterocycles. The molecule has 7 nitrogen and oxygen atoms in total. The smallest absolute Gasteiger partial charge is 0.410 e. The van der Waals surface area contributed by atoms with Gasteiger partial charge in [0.05, 0.1) is 6.61 Å². The lowest BCUT2D eigenvalue weighted by molar-refractivity contribution is 0.0164. The molecular formula is C18H27NO6. The highest BCUT2D eigenvalue weighted by molar-refractivity contribution is 5.68. The predicted octanol–water partition coefficient (Wildman–Crippen LogP) is 2.72. The summed E-state index contributed by atoms with van der Waals surface area (Å²) in [5.41, 5.74) is -0.808. The number of amides is 1. The zero-order chi connectivity index (χ0) is 18.6. The van der Waals surface area contributed by atoms with Crippen molar-refractivity contribution in [1.82, 2.24) is 4.90 Å². The normalized spacial score (nSPS) is 17.2. The van der Waals surface area contributed by atoms with Gasteiger partial charge in [-0.1, -0.05) is 0 Å². The Balaban J connectivity index is 1.81. The molecule has 1 aromatic rings. The Morgan fingerprint density at radius 2 is 2.04 bits per heavy atom. The van der Waals surface area contributed by atoms with Crippen LogP contribution in [0.15, 0.2) is 21.5 Å². The molecule has 7 heteroatoms. The van der Waals surface area contributed by atoms with Crippen LogP contribution < -0.4 is 10.2 Å². The van der Waals surface area contributed by atoms with Crippen LogP contribution >= 0.6 is 0 Å². The first kappa shape index (κ1) is 19.3. The maximum absolute atomic E-state index is 12.0. The molecule has 0 saturated carbocycles. The Morgan fingerprint density at radius 1 is 1.40 bits per heavy atom. The number of hydrogen-bond acceptors (Lipinski definition) is 6. The molecule has 1 aliphatic heterocycles. The van der Waals surface area contributed by atoms with Crippen LogP contribution in [0.4, 0.5) is 4.79 Å². The van der Waals surface area contributed by atoms with Gasteiger partial charge in [0.2, 0.25) is 11.2 Å². The fraction of sp³-hybridized carbons (Fsp3) is 0.667. The summed E-state index contributed by atoms with van der Waals surface area (Å²) < 4.78 is 16.1. The molecule has 0 aliphatic carbocycles. The molecule has 0 bridgehead atoms. The second-order valence-electron chi connectivity index (χ2n) is 7.41. The van der Waals surface area contributed by atoms with Crippen molar-refractivity contribution in [3.05, 3.63) is 28.3 Å².